The number of aliphatic hydroxyl groups excluding tert-OH is 1. The van der Waals surface area contributed by atoms with Gasteiger partial charge in [0, 0.05) is 0 Å². The largest absolute Gasteiger partial charge is 0.392 e. The van der Waals surface area contributed by atoms with E-state index in [1.165, 1.54) is 0 Å². The summed E-state index contributed by atoms with van der Waals surface area (Å²) in [5, 5.41) is 10.0. The van der Waals surface area contributed by atoms with Crippen molar-refractivity contribution in [2.45, 2.75) is 43.6 Å². The van der Waals surface area contributed by atoms with Gasteiger partial charge in [0.25, 0.3) is 0 Å². The molecule has 0 radical (unpaired) electrons. The maximum atomic E-state index is 12.2. The molecule has 1 atom stereocenters. The topological polar surface area (TPSA) is 54.4 Å². The molecule has 0 bridgehead atoms. The number of rotatable bonds is 4. The number of benzene rings is 1. The monoisotopic (exact) mass is 268 g/mol. The van der Waals surface area contributed by atoms with Crippen molar-refractivity contribution in [2.24, 2.45) is 5.92 Å². The highest BCUT2D eigenvalue weighted by atomic mass is 32.2. The molecule has 0 heterocycles. The van der Waals surface area contributed by atoms with Crippen molar-refractivity contribution in [2.75, 3.05) is 5.75 Å². The molecule has 1 aliphatic carbocycles. The fourth-order valence-corrected chi connectivity index (χ4v) is 4.01. The van der Waals surface area contributed by atoms with Gasteiger partial charge in [0.15, 0.2) is 9.84 Å². The molecule has 100 valence electrons. The second-order valence-corrected chi connectivity index (χ2v) is 7.24. The molecule has 2 rings (SSSR count). The van der Waals surface area contributed by atoms with E-state index in [4.69, 9.17) is 0 Å². The molecule has 0 aliphatic heterocycles. The highest BCUT2D eigenvalue weighted by Crippen LogP contribution is 2.29. The second kappa shape index (κ2) is 5.41. The number of aryl methyl sites for hydroxylation is 1. The first-order chi connectivity index (χ1) is 8.49. The molecule has 4 heteroatoms. The van der Waals surface area contributed by atoms with Crippen molar-refractivity contribution in [3.8, 4) is 0 Å². The summed E-state index contributed by atoms with van der Waals surface area (Å²) < 4.78 is 24.3. The molecule has 1 aliphatic rings. The lowest BCUT2D eigenvalue weighted by Gasteiger charge is -2.17. The fourth-order valence-electron chi connectivity index (χ4n) is 2.54. The van der Waals surface area contributed by atoms with Gasteiger partial charge < -0.3 is 5.11 Å². The van der Waals surface area contributed by atoms with Crippen molar-refractivity contribution in [1.82, 2.24) is 0 Å². The summed E-state index contributed by atoms with van der Waals surface area (Å²) >= 11 is 0. The summed E-state index contributed by atoms with van der Waals surface area (Å²) in [7, 11) is -3.36. The number of hydrogen-bond acceptors (Lipinski definition) is 3. The van der Waals surface area contributed by atoms with Crippen LogP contribution >= 0.6 is 0 Å². The van der Waals surface area contributed by atoms with Crippen molar-refractivity contribution < 1.29 is 13.5 Å². The molecule has 0 saturated heterocycles. The highest BCUT2D eigenvalue weighted by Gasteiger charge is 2.28. The van der Waals surface area contributed by atoms with E-state index in [0.717, 1.165) is 31.2 Å². The van der Waals surface area contributed by atoms with Crippen LogP contribution in [-0.2, 0) is 9.84 Å². The first-order valence-electron chi connectivity index (χ1n) is 6.46. The molecule has 1 saturated carbocycles. The Morgan fingerprint density at radius 3 is 2.33 bits per heavy atom. The van der Waals surface area contributed by atoms with Gasteiger partial charge in [-0.3, -0.25) is 0 Å². The molecule has 0 amide bonds. The molecular formula is C14H20O3S. The van der Waals surface area contributed by atoms with Gasteiger partial charge in [0.2, 0.25) is 0 Å². The van der Waals surface area contributed by atoms with Crippen LogP contribution in [0.15, 0.2) is 29.2 Å². The first kappa shape index (κ1) is 13.6. The summed E-state index contributed by atoms with van der Waals surface area (Å²) in [6.07, 6.45) is 3.38. The number of hydrogen-bond donors (Lipinski definition) is 1. The van der Waals surface area contributed by atoms with E-state index in [-0.39, 0.29) is 11.7 Å². The van der Waals surface area contributed by atoms with Gasteiger partial charge in [0.1, 0.15) is 0 Å². The summed E-state index contributed by atoms with van der Waals surface area (Å²) in [5.41, 5.74) is 1.03. The van der Waals surface area contributed by atoms with Crippen molar-refractivity contribution in [3.05, 3.63) is 29.8 Å². The maximum absolute atomic E-state index is 12.2. The van der Waals surface area contributed by atoms with Crippen LogP contribution in [0.4, 0.5) is 0 Å². The average molecular weight is 268 g/mol. The second-order valence-electron chi connectivity index (χ2n) is 5.21. The lowest BCUT2D eigenvalue weighted by molar-refractivity contribution is 0.131. The Morgan fingerprint density at radius 2 is 1.78 bits per heavy atom. The Labute approximate surface area is 109 Å². The van der Waals surface area contributed by atoms with E-state index >= 15 is 0 Å². The van der Waals surface area contributed by atoms with Crippen LogP contribution < -0.4 is 0 Å². The van der Waals surface area contributed by atoms with Crippen LogP contribution in [0.1, 0.15) is 31.2 Å². The minimum Gasteiger partial charge on any atom is -0.392 e. The van der Waals surface area contributed by atoms with Crippen LogP contribution in [-0.4, -0.2) is 25.4 Å². The van der Waals surface area contributed by atoms with Crippen LogP contribution in [0.5, 0.6) is 0 Å². The average Bonchev–Trinajstić information content (AvgIpc) is 2.82. The quantitative estimate of drug-likeness (QED) is 0.911. The summed E-state index contributed by atoms with van der Waals surface area (Å²) in [4.78, 5) is 0.310. The zero-order chi connectivity index (χ0) is 13.2. The number of sulfone groups is 1. The van der Waals surface area contributed by atoms with Crippen LogP contribution in [0, 0.1) is 12.8 Å². The van der Waals surface area contributed by atoms with Gasteiger partial charge in [-0.1, -0.05) is 30.5 Å². The molecule has 1 fully saturated rings. The zero-order valence-electron chi connectivity index (χ0n) is 10.7. The fraction of sp³-hybridized carbons (Fsp3) is 0.571. The lowest BCUT2D eigenvalue weighted by atomic mass is 10.0. The Balaban J connectivity index is 2.09. The molecule has 0 aromatic heterocycles. The minimum absolute atomic E-state index is 0.152. The Bertz CT molecular complexity index is 484. The minimum atomic E-state index is -3.36. The van der Waals surface area contributed by atoms with Gasteiger partial charge in [0.05, 0.1) is 16.8 Å². The van der Waals surface area contributed by atoms with E-state index in [0.29, 0.717) is 4.90 Å². The van der Waals surface area contributed by atoms with Gasteiger partial charge >= 0.3 is 0 Å². The molecule has 18 heavy (non-hydrogen) atoms. The van der Waals surface area contributed by atoms with E-state index < -0.39 is 15.9 Å². The van der Waals surface area contributed by atoms with Crippen LogP contribution in [0.25, 0.3) is 0 Å². The van der Waals surface area contributed by atoms with Crippen molar-refractivity contribution >= 4 is 9.84 Å². The van der Waals surface area contributed by atoms with E-state index in [1.807, 2.05) is 6.92 Å². The van der Waals surface area contributed by atoms with Gasteiger partial charge in [-0.15, -0.1) is 0 Å². The molecule has 0 spiro atoms. The summed E-state index contributed by atoms with van der Waals surface area (Å²) in [5.74, 6) is 0.00556. The summed E-state index contributed by atoms with van der Waals surface area (Å²) in [6.45, 7) is 1.92. The Kier molecular flexibility index (Phi) is 4.07. The summed E-state index contributed by atoms with van der Waals surface area (Å²) in [6, 6.07) is 6.81. The van der Waals surface area contributed by atoms with E-state index in [1.54, 1.807) is 24.3 Å². The molecule has 0 unspecified atom stereocenters. The lowest BCUT2D eigenvalue weighted by Crippen LogP contribution is -2.27. The third-order valence-electron chi connectivity index (χ3n) is 3.71. The molecule has 1 aromatic rings. The standard InChI is InChI=1S/C14H20O3S/c1-11-6-8-13(9-7-11)18(16,17)10-14(15)12-4-2-3-5-12/h6-9,12,14-15H,2-5,10H2,1H3/t14-/m1/s1. The van der Waals surface area contributed by atoms with E-state index in [2.05, 4.69) is 0 Å². The third kappa shape index (κ3) is 3.12. The van der Waals surface area contributed by atoms with Crippen molar-refractivity contribution in [3.63, 3.8) is 0 Å². The van der Waals surface area contributed by atoms with Gasteiger partial charge in [-0.25, -0.2) is 8.42 Å². The predicted octanol–water partition coefficient (Wildman–Crippen LogP) is 2.32. The Morgan fingerprint density at radius 1 is 1.22 bits per heavy atom. The Hall–Kier alpha value is -0.870. The zero-order valence-corrected chi connectivity index (χ0v) is 11.5. The highest BCUT2D eigenvalue weighted by molar-refractivity contribution is 7.91. The molecule has 1 N–H and O–H groups in total. The maximum Gasteiger partial charge on any atom is 0.180 e. The van der Waals surface area contributed by atoms with Crippen LogP contribution in [0.2, 0.25) is 0 Å². The van der Waals surface area contributed by atoms with E-state index in [9.17, 15) is 13.5 Å². The third-order valence-corrected chi connectivity index (χ3v) is 5.49. The SMILES string of the molecule is Cc1ccc(S(=O)(=O)C[C@@H](O)C2CCCC2)cc1. The smallest absolute Gasteiger partial charge is 0.180 e. The van der Waals surface area contributed by atoms with Gasteiger partial charge in [-0.05, 0) is 37.8 Å². The molecule has 1 aromatic carbocycles. The first-order valence-corrected chi connectivity index (χ1v) is 8.12. The molecular weight excluding hydrogens is 248 g/mol. The normalized spacial score (nSPS) is 19.0. The van der Waals surface area contributed by atoms with Crippen molar-refractivity contribution in [1.29, 1.82) is 0 Å². The van der Waals surface area contributed by atoms with Gasteiger partial charge in [-0.2, -0.15) is 0 Å². The molecule has 3 nitrogen and oxygen atoms in total. The number of aliphatic hydroxyl groups is 1. The van der Waals surface area contributed by atoms with Crippen LogP contribution in [0.3, 0.4) is 0 Å². The predicted molar refractivity (Wildman–Crippen MR) is 71.2 cm³/mol.